The monoisotopic (exact) mass is 476 g/mol. The number of hydrogen-bond acceptors (Lipinski definition) is 6. The molecular weight excluding hydrogens is 436 g/mol. The van der Waals surface area contributed by atoms with Crippen LogP contribution in [-0.2, 0) is 28.7 Å². The fourth-order valence-electron chi connectivity index (χ4n) is 4.56. The Morgan fingerprint density at radius 1 is 0.735 bits per heavy atom. The summed E-state index contributed by atoms with van der Waals surface area (Å²) in [7, 11) is 2.67. The highest BCUT2D eigenvalue weighted by molar-refractivity contribution is 5.87. The number of unbranched alkanes of at least 4 members (excludes halogenated alkanes) is 1. The average Bonchev–Trinajstić information content (AvgIpc) is 2.88. The molecule has 0 spiro atoms. The van der Waals surface area contributed by atoms with Crippen LogP contribution in [0.2, 0.25) is 0 Å². The lowest BCUT2D eigenvalue weighted by molar-refractivity contribution is -0.144. The number of ether oxygens (including phenoxy) is 2. The number of amides is 2. The van der Waals surface area contributed by atoms with Crippen molar-refractivity contribution in [3.05, 3.63) is 23.3 Å². The van der Waals surface area contributed by atoms with Gasteiger partial charge in [0.25, 0.3) is 0 Å². The molecule has 2 unspecified atom stereocenters. The SMILES string of the molecule is COC(=O)CC(C(=O)NCCCCNC(=O)C(CC(=O)OC)C1=CCCCC1)C1=CCCCC1. The van der Waals surface area contributed by atoms with Gasteiger partial charge in [0.2, 0.25) is 11.8 Å². The van der Waals surface area contributed by atoms with Crippen LogP contribution in [0.1, 0.15) is 77.0 Å². The third-order valence-corrected chi connectivity index (χ3v) is 6.58. The van der Waals surface area contributed by atoms with Gasteiger partial charge in [-0.25, -0.2) is 0 Å². The van der Waals surface area contributed by atoms with Crippen LogP contribution in [0.4, 0.5) is 0 Å². The highest BCUT2D eigenvalue weighted by atomic mass is 16.5. The van der Waals surface area contributed by atoms with Gasteiger partial charge in [0.15, 0.2) is 0 Å². The zero-order valence-corrected chi connectivity index (χ0v) is 20.7. The molecule has 0 aromatic carbocycles. The molecule has 2 N–H and O–H groups in total. The molecule has 8 nitrogen and oxygen atoms in total. The Bertz CT molecular complexity index is 709. The summed E-state index contributed by atoms with van der Waals surface area (Å²) >= 11 is 0. The van der Waals surface area contributed by atoms with Gasteiger partial charge in [0, 0.05) is 13.1 Å². The molecular formula is C26H40N2O6. The van der Waals surface area contributed by atoms with Gasteiger partial charge in [-0.05, 0) is 64.2 Å². The molecule has 2 aliphatic rings. The van der Waals surface area contributed by atoms with E-state index in [0.29, 0.717) is 25.9 Å². The summed E-state index contributed by atoms with van der Waals surface area (Å²) in [6, 6.07) is 0. The third-order valence-electron chi connectivity index (χ3n) is 6.58. The number of hydrogen-bond donors (Lipinski definition) is 2. The maximum Gasteiger partial charge on any atom is 0.306 e. The summed E-state index contributed by atoms with van der Waals surface area (Å²) < 4.78 is 9.55. The summed E-state index contributed by atoms with van der Waals surface area (Å²) in [5.74, 6) is -2.02. The van der Waals surface area contributed by atoms with Gasteiger partial charge in [-0.15, -0.1) is 0 Å². The number of rotatable bonds is 13. The lowest BCUT2D eigenvalue weighted by atomic mass is 9.86. The van der Waals surface area contributed by atoms with Gasteiger partial charge in [0.05, 0.1) is 38.9 Å². The molecule has 2 atom stereocenters. The van der Waals surface area contributed by atoms with E-state index in [4.69, 9.17) is 9.47 Å². The van der Waals surface area contributed by atoms with Crippen molar-refractivity contribution in [3.8, 4) is 0 Å². The summed E-state index contributed by atoms with van der Waals surface area (Å²) in [6.45, 7) is 0.937. The topological polar surface area (TPSA) is 111 Å². The van der Waals surface area contributed by atoms with Crippen molar-refractivity contribution >= 4 is 23.8 Å². The van der Waals surface area contributed by atoms with Gasteiger partial charge in [-0.1, -0.05) is 23.3 Å². The molecule has 8 heteroatoms. The van der Waals surface area contributed by atoms with Crippen LogP contribution in [0.25, 0.3) is 0 Å². The van der Waals surface area contributed by atoms with Gasteiger partial charge < -0.3 is 20.1 Å². The maximum absolute atomic E-state index is 12.8. The Labute approximate surface area is 202 Å². The second-order valence-corrected chi connectivity index (χ2v) is 9.00. The van der Waals surface area contributed by atoms with E-state index in [1.165, 1.54) is 14.2 Å². The Morgan fingerprint density at radius 3 is 1.47 bits per heavy atom. The Balaban J connectivity index is 1.76. The van der Waals surface area contributed by atoms with E-state index in [1.54, 1.807) is 0 Å². The summed E-state index contributed by atoms with van der Waals surface area (Å²) in [5.41, 5.74) is 2.05. The molecule has 2 amide bonds. The molecule has 2 aliphatic carbocycles. The van der Waals surface area contributed by atoms with Crippen molar-refractivity contribution in [2.24, 2.45) is 11.8 Å². The molecule has 0 bridgehead atoms. The predicted molar refractivity (Wildman–Crippen MR) is 129 cm³/mol. The molecule has 190 valence electrons. The van der Waals surface area contributed by atoms with E-state index in [-0.39, 0.29) is 36.6 Å². The predicted octanol–water partition coefficient (Wildman–Crippen LogP) is 3.36. The minimum atomic E-state index is -0.477. The smallest absolute Gasteiger partial charge is 0.306 e. The van der Waals surface area contributed by atoms with Gasteiger partial charge in [0.1, 0.15) is 0 Å². The van der Waals surface area contributed by atoms with Crippen LogP contribution >= 0.6 is 0 Å². The first-order valence-electron chi connectivity index (χ1n) is 12.5. The van der Waals surface area contributed by atoms with Crippen LogP contribution in [0, 0.1) is 11.8 Å². The molecule has 0 radical (unpaired) electrons. The largest absolute Gasteiger partial charge is 0.469 e. The number of carbonyl (C=O) groups excluding carboxylic acids is 4. The third kappa shape index (κ3) is 9.31. The fraction of sp³-hybridized carbons (Fsp3) is 0.692. The number of esters is 2. The Kier molecular flexibility index (Phi) is 12.4. The van der Waals surface area contributed by atoms with E-state index in [9.17, 15) is 19.2 Å². The maximum atomic E-state index is 12.8. The van der Waals surface area contributed by atoms with E-state index >= 15 is 0 Å². The summed E-state index contributed by atoms with van der Waals surface area (Å²) in [5, 5.41) is 5.87. The number of nitrogens with one attached hydrogen (secondary N) is 2. The second-order valence-electron chi connectivity index (χ2n) is 9.00. The van der Waals surface area contributed by atoms with Crippen LogP contribution in [0.15, 0.2) is 23.3 Å². The Hall–Kier alpha value is -2.64. The number of carbonyl (C=O) groups is 4. The number of allylic oxidation sites excluding steroid dienone is 2. The minimum Gasteiger partial charge on any atom is -0.469 e. The van der Waals surface area contributed by atoms with Crippen molar-refractivity contribution in [3.63, 3.8) is 0 Å². The van der Waals surface area contributed by atoms with Crippen LogP contribution in [-0.4, -0.2) is 51.1 Å². The average molecular weight is 477 g/mol. The normalized spacial score (nSPS) is 17.5. The first-order chi connectivity index (χ1) is 16.5. The Morgan fingerprint density at radius 2 is 1.15 bits per heavy atom. The van der Waals surface area contributed by atoms with Crippen molar-refractivity contribution in [1.29, 1.82) is 0 Å². The van der Waals surface area contributed by atoms with Crippen LogP contribution < -0.4 is 10.6 Å². The first kappa shape index (κ1) is 27.6. The lowest BCUT2D eigenvalue weighted by Crippen LogP contribution is -2.36. The molecule has 0 aromatic rings. The van der Waals surface area contributed by atoms with Crippen molar-refractivity contribution in [2.75, 3.05) is 27.3 Å². The molecule has 2 rings (SSSR count). The van der Waals surface area contributed by atoms with Crippen molar-refractivity contribution in [1.82, 2.24) is 10.6 Å². The van der Waals surface area contributed by atoms with Crippen LogP contribution in [0.5, 0.6) is 0 Å². The molecule has 34 heavy (non-hydrogen) atoms. The molecule has 0 aliphatic heterocycles. The summed E-state index contributed by atoms with van der Waals surface area (Å²) in [6.07, 6.45) is 13.5. The van der Waals surface area contributed by atoms with Gasteiger partial charge in [-0.2, -0.15) is 0 Å². The zero-order valence-electron chi connectivity index (χ0n) is 20.7. The van der Waals surface area contributed by atoms with E-state index in [0.717, 1.165) is 62.5 Å². The molecule has 0 saturated carbocycles. The molecule has 0 heterocycles. The zero-order chi connectivity index (χ0) is 24.8. The standard InChI is InChI=1S/C26H40N2O6/c1-33-23(29)17-21(19-11-5-3-6-12-19)25(31)27-15-9-10-16-28-26(32)22(18-24(30)34-2)20-13-7-4-8-14-20/h11,13,21-22H,3-10,12,14-18H2,1-2H3,(H,27,31)(H,28,32). The first-order valence-corrected chi connectivity index (χ1v) is 12.5. The molecule has 0 saturated heterocycles. The van der Waals surface area contributed by atoms with E-state index in [1.807, 2.05) is 0 Å². The fourth-order valence-corrected chi connectivity index (χ4v) is 4.56. The minimum absolute atomic E-state index is 0.0572. The highest BCUT2D eigenvalue weighted by Gasteiger charge is 2.28. The van der Waals surface area contributed by atoms with Crippen LogP contribution in [0.3, 0.4) is 0 Å². The van der Waals surface area contributed by atoms with Gasteiger partial charge >= 0.3 is 11.9 Å². The summed E-state index contributed by atoms with van der Waals surface area (Å²) in [4.78, 5) is 49.1. The lowest BCUT2D eigenvalue weighted by Gasteiger charge is -2.22. The molecule has 0 fully saturated rings. The van der Waals surface area contributed by atoms with Crippen molar-refractivity contribution in [2.45, 2.75) is 77.0 Å². The highest BCUT2D eigenvalue weighted by Crippen LogP contribution is 2.28. The van der Waals surface area contributed by atoms with Gasteiger partial charge in [-0.3, -0.25) is 19.2 Å². The van der Waals surface area contributed by atoms with Crippen molar-refractivity contribution < 1.29 is 28.7 Å². The van der Waals surface area contributed by atoms with E-state index < -0.39 is 11.8 Å². The second kappa shape index (κ2) is 15.3. The molecule has 0 aromatic heterocycles. The van der Waals surface area contributed by atoms with E-state index in [2.05, 4.69) is 22.8 Å². The number of methoxy groups -OCH3 is 2. The quantitative estimate of drug-likeness (QED) is 0.240.